The summed E-state index contributed by atoms with van der Waals surface area (Å²) in [7, 11) is 0. The third-order valence-corrected chi connectivity index (χ3v) is 6.85. The first-order valence-electron chi connectivity index (χ1n) is 13.0. The molecule has 0 fully saturated rings. The second kappa shape index (κ2) is 10.5. The lowest BCUT2D eigenvalue weighted by Gasteiger charge is -2.32. The molecule has 6 nitrogen and oxygen atoms in total. The van der Waals surface area contributed by atoms with Gasteiger partial charge in [-0.05, 0) is 55.0 Å². The van der Waals surface area contributed by atoms with Gasteiger partial charge in [0.15, 0.2) is 0 Å². The number of fused-ring (bicyclic) bond motifs is 2. The Balaban J connectivity index is 1.63. The molecule has 0 aliphatic carbocycles. The average Bonchev–Trinajstić information content (AvgIpc) is 2.92. The number of nitrogens with zero attached hydrogens (tertiary/aromatic N) is 3. The summed E-state index contributed by atoms with van der Waals surface area (Å²) < 4.78 is 1.67. The Bertz CT molecular complexity index is 1680. The maximum atomic E-state index is 13.9. The van der Waals surface area contributed by atoms with E-state index in [1.165, 1.54) is 0 Å². The summed E-state index contributed by atoms with van der Waals surface area (Å²) in [5.41, 5.74) is 2.93. The fourth-order valence-corrected chi connectivity index (χ4v) is 4.95. The van der Waals surface area contributed by atoms with Gasteiger partial charge in [-0.3, -0.25) is 9.36 Å². The summed E-state index contributed by atoms with van der Waals surface area (Å²) in [6.45, 7) is 8.56. The molecule has 4 aromatic carbocycles. The van der Waals surface area contributed by atoms with Crippen molar-refractivity contribution in [3.05, 3.63) is 113 Å². The first kappa shape index (κ1) is 25.2. The van der Waals surface area contributed by atoms with E-state index in [2.05, 4.69) is 19.2 Å². The van der Waals surface area contributed by atoms with E-state index in [9.17, 15) is 9.59 Å². The lowest BCUT2D eigenvalue weighted by molar-refractivity contribution is 0.180. The van der Waals surface area contributed by atoms with E-state index in [-0.39, 0.29) is 17.5 Å². The molecule has 1 unspecified atom stereocenters. The third kappa shape index (κ3) is 4.77. The summed E-state index contributed by atoms with van der Waals surface area (Å²) >= 11 is 0. The molecule has 5 aromatic rings. The van der Waals surface area contributed by atoms with E-state index < -0.39 is 6.04 Å². The lowest BCUT2D eigenvalue weighted by Crippen LogP contribution is -2.41. The first-order valence-corrected chi connectivity index (χ1v) is 13.0. The van der Waals surface area contributed by atoms with E-state index in [4.69, 9.17) is 4.98 Å². The van der Waals surface area contributed by atoms with Crippen LogP contribution < -0.4 is 10.9 Å². The molecule has 1 heterocycles. The molecule has 0 saturated heterocycles. The number of para-hydroxylation sites is 2. The average molecular weight is 505 g/mol. The first-order chi connectivity index (χ1) is 18.3. The molecule has 0 bridgehead atoms. The van der Waals surface area contributed by atoms with E-state index in [0.29, 0.717) is 23.3 Å². The number of rotatable bonds is 6. The number of carbonyl (C=O) groups excluding carboxylic acids is 1. The highest BCUT2D eigenvalue weighted by Crippen LogP contribution is 2.28. The van der Waals surface area contributed by atoms with Gasteiger partial charge in [-0.25, -0.2) is 9.78 Å². The molecule has 192 valence electrons. The van der Waals surface area contributed by atoms with Gasteiger partial charge in [0.2, 0.25) is 0 Å². The molecular formula is C32H32N4O2. The Hall–Kier alpha value is -4.45. The van der Waals surface area contributed by atoms with Crippen LogP contribution in [0.25, 0.3) is 27.4 Å². The van der Waals surface area contributed by atoms with Gasteiger partial charge < -0.3 is 10.2 Å². The predicted molar refractivity (Wildman–Crippen MR) is 155 cm³/mol. The highest BCUT2D eigenvalue weighted by Gasteiger charge is 2.28. The van der Waals surface area contributed by atoms with Crippen molar-refractivity contribution in [3.8, 4) is 5.69 Å². The van der Waals surface area contributed by atoms with Gasteiger partial charge in [-0.1, -0.05) is 80.6 Å². The fourth-order valence-electron chi connectivity index (χ4n) is 4.95. The Kier molecular flexibility index (Phi) is 6.97. The molecule has 38 heavy (non-hydrogen) atoms. The predicted octanol–water partition coefficient (Wildman–Crippen LogP) is 7.10. The molecule has 6 heteroatoms. The molecule has 0 radical (unpaired) electrons. The van der Waals surface area contributed by atoms with Crippen molar-refractivity contribution in [2.45, 2.75) is 33.7 Å². The Morgan fingerprint density at radius 2 is 1.53 bits per heavy atom. The highest BCUT2D eigenvalue weighted by atomic mass is 16.2. The lowest BCUT2D eigenvalue weighted by atomic mass is 10.1. The number of hydrogen-bond donors (Lipinski definition) is 1. The minimum absolute atomic E-state index is 0.147. The standard InChI is InChI=1S/C32H32N4O2/c1-21(2)20-35(32(38)34-27-18-11-14-24-13-6-7-15-25(24)27)23(4)30-33-28-17-9-8-16-26(28)31(37)36(30)29-19-10-5-12-22(29)3/h5-19,21,23H,20H2,1-4H3,(H,34,38). The maximum Gasteiger partial charge on any atom is 0.322 e. The summed E-state index contributed by atoms with van der Waals surface area (Å²) in [6.07, 6.45) is 0. The van der Waals surface area contributed by atoms with Gasteiger partial charge in [0.05, 0.1) is 28.3 Å². The van der Waals surface area contributed by atoms with Crippen LogP contribution in [0.4, 0.5) is 10.5 Å². The largest absolute Gasteiger partial charge is 0.322 e. The van der Waals surface area contributed by atoms with Crippen molar-refractivity contribution in [2.24, 2.45) is 5.92 Å². The number of carbonyl (C=O) groups is 1. The Labute approximate surface area is 222 Å². The second-order valence-electron chi connectivity index (χ2n) is 10.1. The third-order valence-electron chi connectivity index (χ3n) is 6.85. The summed E-state index contributed by atoms with van der Waals surface area (Å²) in [6, 6.07) is 28.3. The van der Waals surface area contributed by atoms with Crippen molar-refractivity contribution in [3.63, 3.8) is 0 Å². The van der Waals surface area contributed by atoms with Crippen molar-refractivity contribution in [1.82, 2.24) is 14.5 Å². The minimum Gasteiger partial charge on any atom is -0.314 e. The number of aryl methyl sites for hydroxylation is 1. The van der Waals surface area contributed by atoms with Crippen molar-refractivity contribution >= 4 is 33.4 Å². The normalized spacial score (nSPS) is 12.1. The topological polar surface area (TPSA) is 67.2 Å². The molecule has 1 N–H and O–H groups in total. The van der Waals surface area contributed by atoms with Crippen LogP contribution in [0.1, 0.15) is 38.2 Å². The molecule has 0 aliphatic rings. The maximum absolute atomic E-state index is 13.9. The number of benzene rings is 4. The Morgan fingerprint density at radius 3 is 2.29 bits per heavy atom. The van der Waals surface area contributed by atoms with Gasteiger partial charge in [-0.2, -0.15) is 0 Å². The van der Waals surface area contributed by atoms with Crippen molar-refractivity contribution < 1.29 is 4.79 Å². The number of nitrogens with one attached hydrogen (secondary N) is 1. The highest BCUT2D eigenvalue weighted by molar-refractivity contribution is 6.01. The zero-order valence-corrected chi connectivity index (χ0v) is 22.2. The van der Waals surface area contributed by atoms with E-state index in [1.54, 1.807) is 15.5 Å². The van der Waals surface area contributed by atoms with Crippen molar-refractivity contribution in [2.75, 3.05) is 11.9 Å². The van der Waals surface area contributed by atoms with Crippen molar-refractivity contribution in [1.29, 1.82) is 0 Å². The summed E-state index contributed by atoms with van der Waals surface area (Å²) in [5, 5.41) is 5.71. The molecule has 1 atom stereocenters. The molecule has 1 aromatic heterocycles. The number of amides is 2. The summed E-state index contributed by atoms with van der Waals surface area (Å²) in [4.78, 5) is 34.5. The molecule has 0 aliphatic heterocycles. The summed E-state index contributed by atoms with van der Waals surface area (Å²) in [5.74, 6) is 0.728. The number of urea groups is 1. The fraction of sp³-hybridized carbons (Fsp3) is 0.219. The molecular weight excluding hydrogens is 472 g/mol. The van der Waals surface area contributed by atoms with E-state index in [1.807, 2.05) is 98.8 Å². The van der Waals surface area contributed by atoms with Gasteiger partial charge >= 0.3 is 6.03 Å². The molecule has 2 amide bonds. The van der Waals surface area contributed by atoms with Gasteiger partial charge in [0.25, 0.3) is 5.56 Å². The van der Waals surface area contributed by atoms with Gasteiger partial charge in [-0.15, -0.1) is 0 Å². The Morgan fingerprint density at radius 1 is 0.868 bits per heavy atom. The molecule has 0 saturated carbocycles. The molecule has 0 spiro atoms. The van der Waals surface area contributed by atoms with E-state index >= 15 is 0 Å². The zero-order valence-electron chi connectivity index (χ0n) is 22.2. The van der Waals surface area contributed by atoms with Crippen LogP contribution >= 0.6 is 0 Å². The quantitative estimate of drug-likeness (QED) is 0.268. The minimum atomic E-state index is -0.482. The number of anilines is 1. The number of hydrogen-bond acceptors (Lipinski definition) is 3. The van der Waals surface area contributed by atoms with Crippen LogP contribution in [-0.4, -0.2) is 27.0 Å². The second-order valence-corrected chi connectivity index (χ2v) is 10.1. The van der Waals surface area contributed by atoms with Gasteiger partial charge in [0, 0.05) is 11.9 Å². The van der Waals surface area contributed by atoms with Crippen LogP contribution in [0.2, 0.25) is 0 Å². The van der Waals surface area contributed by atoms with Gasteiger partial charge in [0.1, 0.15) is 5.82 Å². The smallest absolute Gasteiger partial charge is 0.314 e. The van der Waals surface area contributed by atoms with Crippen LogP contribution in [0.3, 0.4) is 0 Å². The van der Waals surface area contributed by atoms with Crippen LogP contribution in [0, 0.1) is 12.8 Å². The van der Waals surface area contributed by atoms with E-state index in [0.717, 1.165) is 27.7 Å². The van der Waals surface area contributed by atoms with Crippen LogP contribution in [-0.2, 0) is 0 Å². The van der Waals surface area contributed by atoms with Crippen LogP contribution in [0.15, 0.2) is 95.8 Å². The molecule has 5 rings (SSSR count). The monoisotopic (exact) mass is 504 g/mol. The van der Waals surface area contributed by atoms with Crippen LogP contribution in [0.5, 0.6) is 0 Å². The number of aromatic nitrogens is 2. The zero-order chi connectivity index (χ0) is 26.8. The SMILES string of the molecule is Cc1ccccc1-n1c(C(C)N(CC(C)C)C(=O)Nc2cccc3ccccc23)nc2ccccc2c1=O.